The third-order valence-corrected chi connectivity index (χ3v) is 5.01. The molecule has 0 spiro atoms. The molecule has 2 aromatic carbocycles. The zero-order valence-corrected chi connectivity index (χ0v) is 14.2. The van der Waals surface area contributed by atoms with Gasteiger partial charge in [0, 0.05) is 16.2 Å². The van der Waals surface area contributed by atoms with Gasteiger partial charge in [-0.3, -0.25) is 0 Å². The van der Waals surface area contributed by atoms with Crippen LogP contribution in [0.4, 0.5) is 5.69 Å². The highest BCUT2D eigenvalue weighted by molar-refractivity contribution is 9.10. The molecule has 2 aromatic rings. The Morgan fingerprint density at radius 1 is 1.19 bits per heavy atom. The number of rotatable bonds is 4. The van der Waals surface area contributed by atoms with Crippen LogP contribution in [0.3, 0.4) is 0 Å². The number of nitrogens with two attached hydrogens (primary N) is 1. The molecule has 0 saturated carbocycles. The fourth-order valence-electron chi connectivity index (χ4n) is 1.98. The van der Waals surface area contributed by atoms with Crippen LogP contribution in [0.25, 0.3) is 0 Å². The Morgan fingerprint density at radius 3 is 2.52 bits per heavy atom. The third-order valence-electron chi connectivity index (χ3n) is 3.24. The van der Waals surface area contributed by atoms with Gasteiger partial charge < -0.3 is 5.32 Å². The van der Waals surface area contributed by atoms with E-state index in [0.29, 0.717) is 0 Å². The molecule has 0 aromatic heterocycles. The van der Waals surface area contributed by atoms with Gasteiger partial charge in [-0.15, -0.1) is 0 Å². The molecule has 0 fully saturated rings. The molecule has 0 heterocycles. The second kappa shape index (κ2) is 6.17. The highest BCUT2D eigenvalue weighted by Crippen LogP contribution is 2.25. The van der Waals surface area contributed by atoms with Crippen LogP contribution in [0.1, 0.15) is 24.1 Å². The fraction of sp³-hybridized carbons (Fsp3) is 0.200. The van der Waals surface area contributed by atoms with Crippen LogP contribution in [0.2, 0.25) is 0 Å². The lowest BCUT2D eigenvalue weighted by Crippen LogP contribution is -2.13. The summed E-state index contributed by atoms with van der Waals surface area (Å²) >= 11 is 3.49. The molecular weight excluding hydrogens is 352 g/mol. The highest BCUT2D eigenvalue weighted by Gasteiger charge is 2.11. The zero-order chi connectivity index (χ0) is 15.6. The standard InChI is InChI=1S/C15H17BrN2O2S/c1-10-6-7-13(9-15(10)16)18-11(2)12-4-3-5-14(8-12)21(17,19)20/h3-9,11,18H,1-2H3,(H2,17,19,20). The summed E-state index contributed by atoms with van der Waals surface area (Å²) in [5, 5.41) is 8.50. The molecule has 0 amide bonds. The van der Waals surface area contributed by atoms with Crippen molar-refractivity contribution in [2.45, 2.75) is 24.8 Å². The Balaban J connectivity index is 2.24. The average Bonchev–Trinajstić information content (AvgIpc) is 2.42. The van der Waals surface area contributed by atoms with Crippen LogP contribution >= 0.6 is 15.9 Å². The lowest BCUT2D eigenvalue weighted by atomic mass is 10.1. The van der Waals surface area contributed by atoms with Gasteiger partial charge in [0.2, 0.25) is 10.0 Å². The summed E-state index contributed by atoms with van der Waals surface area (Å²) in [5.74, 6) is 0. The maximum absolute atomic E-state index is 11.4. The predicted octanol–water partition coefficient (Wildman–Crippen LogP) is 3.58. The normalized spacial score (nSPS) is 13.0. The highest BCUT2D eigenvalue weighted by atomic mass is 79.9. The van der Waals surface area contributed by atoms with Gasteiger partial charge in [-0.2, -0.15) is 0 Å². The molecule has 21 heavy (non-hydrogen) atoms. The van der Waals surface area contributed by atoms with Gasteiger partial charge in [0.05, 0.1) is 4.90 Å². The molecule has 0 radical (unpaired) electrons. The topological polar surface area (TPSA) is 72.2 Å². The van der Waals surface area contributed by atoms with Gasteiger partial charge in [0.15, 0.2) is 0 Å². The zero-order valence-electron chi connectivity index (χ0n) is 11.8. The van der Waals surface area contributed by atoms with Crippen molar-refractivity contribution in [3.05, 3.63) is 58.1 Å². The van der Waals surface area contributed by atoms with Crippen molar-refractivity contribution in [3.63, 3.8) is 0 Å². The minimum absolute atomic E-state index is 0.0405. The van der Waals surface area contributed by atoms with Crippen LogP contribution in [-0.4, -0.2) is 8.42 Å². The number of halogens is 1. The summed E-state index contributed by atoms with van der Waals surface area (Å²) in [5.41, 5.74) is 2.98. The second-order valence-corrected chi connectivity index (χ2v) is 7.36. The lowest BCUT2D eigenvalue weighted by Gasteiger charge is -2.17. The van der Waals surface area contributed by atoms with Crippen molar-refractivity contribution < 1.29 is 8.42 Å². The van der Waals surface area contributed by atoms with E-state index in [1.165, 1.54) is 6.07 Å². The Hall–Kier alpha value is -1.37. The molecule has 0 aliphatic carbocycles. The summed E-state index contributed by atoms with van der Waals surface area (Å²) in [7, 11) is -3.68. The van der Waals surface area contributed by atoms with E-state index < -0.39 is 10.0 Å². The third kappa shape index (κ3) is 4.06. The van der Waals surface area contributed by atoms with Crippen molar-refractivity contribution in [2.75, 3.05) is 5.32 Å². The van der Waals surface area contributed by atoms with E-state index in [2.05, 4.69) is 21.2 Å². The Kier molecular flexibility index (Phi) is 4.70. The molecule has 4 nitrogen and oxygen atoms in total. The van der Waals surface area contributed by atoms with Gasteiger partial charge in [-0.05, 0) is 49.2 Å². The molecule has 112 valence electrons. The van der Waals surface area contributed by atoms with E-state index >= 15 is 0 Å². The predicted molar refractivity (Wildman–Crippen MR) is 88.7 cm³/mol. The number of sulfonamides is 1. The molecule has 2 rings (SSSR count). The van der Waals surface area contributed by atoms with Crippen LogP contribution in [-0.2, 0) is 10.0 Å². The van der Waals surface area contributed by atoms with E-state index in [1.54, 1.807) is 12.1 Å². The van der Waals surface area contributed by atoms with E-state index in [-0.39, 0.29) is 10.9 Å². The second-order valence-electron chi connectivity index (χ2n) is 4.95. The number of anilines is 1. The Labute approximate surface area is 133 Å². The van der Waals surface area contributed by atoms with Crippen LogP contribution in [0.5, 0.6) is 0 Å². The van der Waals surface area contributed by atoms with Gasteiger partial charge in [-0.25, -0.2) is 13.6 Å². The molecule has 1 atom stereocenters. The number of primary sulfonamides is 1. The number of aryl methyl sites for hydroxylation is 1. The molecule has 3 N–H and O–H groups in total. The molecule has 0 aliphatic heterocycles. The van der Waals surface area contributed by atoms with E-state index in [4.69, 9.17) is 5.14 Å². The summed E-state index contributed by atoms with van der Waals surface area (Å²) in [4.78, 5) is 0.124. The van der Waals surface area contributed by atoms with Crippen molar-refractivity contribution in [1.29, 1.82) is 0 Å². The van der Waals surface area contributed by atoms with Crippen LogP contribution in [0, 0.1) is 6.92 Å². The Bertz CT molecular complexity index is 760. The first-order valence-electron chi connectivity index (χ1n) is 6.43. The number of benzene rings is 2. The summed E-state index contributed by atoms with van der Waals surface area (Å²) in [6.07, 6.45) is 0. The summed E-state index contributed by atoms with van der Waals surface area (Å²) < 4.78 is 23.8. The smallest absolute Gasteiger partial charge is 0.238 e. The molecular formula is C15H17BrN2O2S. The molecule has 6 heteroatoms. The Morgan fingerprint density at radius 2 is 1.90 bits per heavy atom. The summed E-state index contributed by atoms with van der Waals surface area (Å²) in [6, 6.07) is 12.6. The molecule has 0 saturated heterocycles. The maximum Gasteiger partial charge on any atom is 0.238 e. The molecule has 0 aliphatic rings. The molecule has 0 bridgehead atoms. The van der Waals surface area contributed by atoms with E-state index in [0.717, 1.165) is 21.3 Å². The van der Waals surface area contributed by atoms with Crippen molar-refractivity contribution >= 4 is 31.6 Å². The summed E-state index contributed by atoms with van der Waals surface area (Å²) in [6.45, 7) is 3.99. The lowest BCUT2D eigenvalue weighted by molar-refractivity contribution is 0.597. The van der Waals surface area contributed by atoms with E-state index in [9.17, 15) is 8.42 Å². The fourth-order valence-corrected chi connectivity index (χ4v) is 2.92. The SMILES string of the molecule is Cc1ccc(NC(C)c2cccc(S(N)(=O)=O)c2)cc1Br. The van der Waals surface area contributed by atoms with Gasteiger partial charge in [-0.1, -0.05) is 34.1 Å². The van der Waals surface area contributed by atoms with Crippen molar-refractivity contribution in [3.8, 4) is 0 Å². The minimum Gasteiger partial charge on any atom is -0.378 e. The van der Waals surface area contributed by atoms with E-state index in [1.807, 2.05) is 38.1 Å². The minimum atomic E-state index is -3.68. The first-order valence-corrected chi connectivity index (χ1v) is 8.77. The number of hydrogen-bond donors (Lipinski definition) is 2. The largest absolute Gasteiger partial charge is 0.378 e. The van der Waals surface area contributed by atoms with Crippen molar-refractivity contribution in [1.82, 2.24) is 0 Å². The van der Waals surface area contributed by atoms with Crippen LogP contribution < -0.4 is 10.5 Å². The molecule has 1 unspecified atom stereocenters. The number of nitrogens with one attached hydrogen (secondary N) is 1. The van der Waals surface area contributed by atoms with Gasteiger partial charge >= 0.3 is 0 Å². The monoisotopic (exact) mass is 368 g/mol. The van der Waals surface area contributed by atoms with Gasteiger partial charge in [0.1, 0.15) is 0 Å². The van der Waals surface area contributed by atoms with Crippen molar-refractivity contribution in [2.24, 2.45) is 5.14 Å². The quantitative estimate of drug-likeness (QED) is 0.865. The first-order chi connectivity index (χ1) is 9.77. The van der Waals surface area contributed by atoms with Crippen LogP contribution in [0.15, 0.2) is 51.8 Å². The number of hydrogen-bond acceptors (Lipinski definition) is 3. The first kappa shape index (κ1) is 16.0. The maximum atomic E-state index is 11.4. The average molecular weight is 369 g/mol. The van der Waals surface area contributed by atoms with Gasteiger partial charge in [0.25, 0.3) is 0 Å².